The number of hydrogen-bond donors (Lipinski definition) is 3. The minimum Gasteiger partial charge on any atom is -0.399 e. The SMILES string of the molecule is CCCC(C)(O)CNS(=O)(=O)c1cc(N)ccc1C. The van der Waals surface area contributed by atoms with Crippen LogP contribution in [0.4, 0.5) is 5.69 Å². The molecule has 0 amide bonds. The molecule has 0 spiro atoms. The van der Waals surface area contributed by atoms with Gasteiger partial charge < -0.3 is 10.8 Å². The van der Waals surface area contributed by atoms with E-state index in [1.807, 2.05) is 6.92 Å². The van der Waals surface area contributed by atoms with Crippen molar-refractivity contribution in [1.29, 1.82) is 0 Å². The Balaban J connectivity index is 2.90. The molecule has 0 radical (unpaired) electrons. The second kappa shape index (κ2) is 5.90. The summed E-state index contributed by atoms with van der Waals surface area (Å²) in [5, 5.41) is 10.00. The molecule has 6 heteroatoms. The van der Waals surface area contributed by atoms with Gasteiger partial charge in [0.15, 0.2) is 0 Å². The molecule has 1 aromatic rings. The van der Waals surface area contributed by atoms with Gasteiger partial charge in [0, 0.05) is 12.2 Å². The maximum absolute atomic E-state index is 12.2. The molecular formula is C13H22N2O3S. The average Bonchev–Trinajstić information content (AvgIpc) is 2.30. The number of anilines is 1. The summed E-state index contributed by atoms with van der Waals surface area (Å²) in [5.41, 5.74) is 5.58. The van der Waals surface area contributed by atoms with Crippen LogP contribution in [0.5, 0.6) is 0 Å². The van der Waals surface area contributed by atoms with Gasteiger partial charge in [0.25, 0.3) is 0 Å². The van der Waals surface area contributed by atoms with Crippen LogP contribution in [0, 0.1) is 6.92 Å². The standard InChI is InChI=1S/C13H22N2O3S/c1-4-7-13(3,16)9-15-19(17,18)12-8-11(14)6-5-10(12)2/h5-6,8,15-16H,4,7,9,14H2,1-3H3. The first-order valence-electron chi connectivity index (χ1n) is 6.26. The van der Waals surface area contributed by atoms with Gasteiger partial charge >= 0.3 is 0 Å². The number of aliphatic hydroxyl groups is 1. The zero-order valence-electron chi connectivity index (χ0n) is 11.6. The summed E-state index contributed by atoms with van der Waals surface area (Å²) in [6.07, 6.45) is 1.32. The van der Waals surface area contributed by atoms with E-state index in [0.29, 0.717) is 17.7 Å². The van der Waals surface area contributed by atoms with E-state index in [-0.39, 0.29) is 11.4 Å². The van der Waals surface area contributed by atoms with Crippen LogP contribution >= 0.6 is 0 Å². The lowest BCUT2D eigenvalue weighted by Gasteiger charge is -2.23. The highest BCUT2D eigenvalue weighted by atomic mass is 32.2. The maximum Gasteiger partial charge on any atom is 0.241 e. The summed E-state index contributed by atoms with van der Waals surface area (Å²) < 4.78 is 26.8. The van der Waals surface area contributed by atoms with Gasteiger partial charge in [-0.1, -0.05) is 19.4 Å². The molecule has 0 aromatic heterocycles. The second-order valence-corrected chi connectivity index (χ2v) is 6.83. The summed E-state index contributed by atoms with van der Waals surface area (Å²) >= 11 is 0. The highest BCUT2D eigenvalue weighted by Gasteiger charge is 2.24. The number of sulfonamides is 1. The third kappa shape index (κ3) is 4.49. The van der Waals surface area contributed by atoms with Crippen molar-refractivity contribution in [3.63, 3.8) is 0 Å². The number of benzene rings is 1. The second-order valence-electron chi connectivity index (χ2n) is 5.10. The van der Waals surface area contributed by atoms with Crippen molar-refractivity contribution in [2.24, 2.45) is 0 Å². The highest BCUT2D eigenvalue weighted by Crippen LogP contribution is 2.19. The Labute approximate surface area is 114 Å². The summed E-state index contributed by atoms with van der Waals surface area (Å²) in [6, 6.07) is 4.74. The minimum absolute atomic E-state index is 0.0165. The lowest BCUT2D eigenvalue weighted by Crippen LogP contribution is -2.40. The van der Waals surface area contributed by atoms with E-state index >= 15 is 0 Å². The van der Waals surface area contributed by atoms with E-state index in [4.69, 9.17) is 5.73 Å². The molecule has 0 aliphatic heterocycles. The smallest absolute Gasteiger partial charge is 0.241 e. The molecule has 1 rings (SSSR count). The Morgan fingerprint density at radius 1 is 1.42 bits per heavy atom. The number of nitrogen functional groups attached to an aromatic ring is 1. The van der Waals surface area contributed by atoms with Crippen molar-refractivity contribution in [3.8, 4) is 0 Å². The Morgan fingerprint density at radius 3 is 2.63 bits per heavy atom. The average molecular weight is 286 g/mol. The predicted molar refractivity (Wildman–Crippen MR) is 76.3 cm³/mol. The van der Waals surface area contributed by atoms with Crippen molar-refractivity contribution < 1.29 is 13.5 Å². The Kier molecular flexibility index (Phi) is 4.95. The van der Waals surface area contributed by atoms with Gasteiger partial charge in [0.05, 0.1) is 10.5 Å². The zero-order chi connectivity index (χ0) is 14.7. The molecule has 108 valence electrons. The molecule has 1 aromatic carbocycles. The molecular weight excluding hydrogens is 264 g/mol. The largest absolute Gasteiger partial charge is 0.399 e. The van der Waals surface area contributed by atoms with E-state index < -0.39 is 15.6 Å². The fraction of sp³-hybridized carbons (Fsp3) is 0.538. The molecule has 0 bridgehead atoms. The van der Waals surface area contributed by atoms with Gasteiger partial charge in [-0.25, -0.2) is 13.1 Å². The Bertz CT molecular complexity index is 539. The van der Waals surface area contributed by atoms with E-state index in [9.17, 15) is 13.5 Å². The molecule has 0 saturated heterocycles. The zero-order valence-corrected chi connectivity index (χ0v) is 12.4. The first-order valence-corrected chi connectivity index (χ1v) is 7.74. The first-order chi connectivity index (χ1) is 8.68. The number of rotatable bonds is 6. The molecule has 0 aliphatic carbocycles. The van der Waals surface area contributed by atoms with Gasteiger partial charge in [-0.3, -0.25) is 0 Å². The van der Waals surface area contributed by atoms with Crippen molar-refractivity contribution >= 4 is 15.7 Å². The molecule has 1 atom stereocenters. The molecule has 0 saturated carbocycles. The number of nitrogens with one attached hydrogen (secondary N) is 1. The topological polar surface area (TPSA) is 92.4 Å². The van der Waals surface area contributed by atoms with Crippen LogP contribution < -0.4 is 10.5 Å². The van der Waals surface area contributed by atoms with Crippen molar-refractivity contribution in [2.75, 3.05) is 12.3 Å². The molecule has 5 nitrogen and oxygen atoms in total. The van der Waals surface area contributed by atoms with Gasteiger partial charge in [-0.15, -0.1) is 0 Å². The lowest BCUT2D eigenvalue weighted by atomic mass is 10.0. The number of nitrogens with two attached hydrogens (primary N) is 1. The normalized spacial score (nSPS) is 15.2. The van der Waals surface area contributed by atoms with Gasteiger partial charge in [-0.05, 0) is 38.0 Å². The van der Waals surface area contributed by atoms with Crippen LogP contribution in [-0.4, -0.2) is 25.7 Å². The molecule has 0 fully saturated rings. The van der Waals surface area contributed by atoms with Crippen LogP contribution in [0.2, 0.25) is 0 Å². The number of aryl methyl sites for hydroxylation is 1. The third-order valence-electron chi connectivity index (χ3n) is 2.93. The molecule has 4 N–H and O–H groups in total. The molecule has 19 heavy (non-hydrogen) atoms. The highest BCUT2D eigenvalue weighted by molar-refractivity contribution is 7.89. The predicted octanol–water partition coefficient (Wildman–Crippen LogP) is 1.41. The van der Waals surface area contributed by atoms with Crippen LogP contribution in [-0.2, 0) is 10.0 Å². The Morgan fingerprint density at radius 2 is 2.05 bits per heavy atom. The molecule has 0 aliphatic rings. The van der Waals surface area contributed by atoms with Crippen molar-refractivity contribution in [1.82, 2.24) is 4.72 Å². The summed E-state index contributed by atoms with van der Waals surface area (Å²) in [5.74, 6) is 0. The monoisotopic (exact) mass is 286 g/mol. The third-order valence-corrected chi connectivity index (χ3v) is 4.48. The lowest BCUT2D eigenvalue weighted by molar-refractivity contribution is 0.0554. The van der Waals surface area contributed by atoms with E-state index in [1.54, 1.807) is 26.0 Å². The first kappa shape index (κ1) is 15.9. The van der Waals surface area contributed by atoms with Gasteiger partial charge in [0.1, 0.15) is 0 Å². The van der Waals surface area contributed by atoms with Crippen molar-refractivity contribution in [2.45, 2.75) is 44.1 Å². The van der Waals surface area contributed by atoms with Crippen LogP contribution in [0.3, 0.4) is 0 Å². The van der Waals surface area contributed by atoms with E-state index in [0.717, 1.165) is 6.42 Å². The van der Waals surface area contributed by atoms with Crippen molar-refractivity contribution in [3.05, 3.63) is 23.8 Å². The minimum atomic E-state index is -3.65. The fourth-order valence-electron chi connectivity index (χ4n) is 1.86. The Hall–Kier alpha value is -1.11. The number of hydrogen-bond acceptors (Lipinski definition) is 4. The van der Waals surface area contributed by atoms with Crippen LogP contribution in [0.25, 0.3) is 0 Å². The van der Waals surface area contributed by atoms with E-state index in [1.165, 1.54) is 6.07 Å². The van der Waals surface area contributed by atoms with Gasteiger partial charge in [0.2, 0.25) is 10.0 Å². The molecule has 1 unspecified atom stereocenters. The molecule has 0 heterocycles. The van der Waals surface area contributed by atoms with E-state index in [2.05, 4.69) is 4.72 Å². The summed E-state index contributed by atoms with van der Waals surface area (Å²) in [6.45, 7) is 5.24. The quantitative estimate of drug-likeness (QED) is 0.689. The van der Waals surface area contributed by atoms with Crippen LogP contribution in [0.1, 0.15) is 32.3 Å². The maximum atomic E-state index is 12.2. The van der Waals surface area contributed by atoms with Crippen LogP contribution in [0.15, 0.2) is 23.1 Å². The fourth-order valence-corrected chi connectivity index (χ4v) is 3.30. The summed E-state index contributed by atoms with van der Waals surface area (Å²) in [7, 11) is -3.65. The summed E-state index contributed by atoms with van der Waals surface area (Å²) in [4.78, 5) is 0.153. The van der Waals surface area contributed by atoms with Gasteiger partial charge in [-0.2, -0.15) is 0 Å².